The van der Waals surface area contributed by atoms with Crippen molar-refractivity contribution >= 4 is 26.2 Å². The molecule has 0 unspecified atom stereocenters. The number of alkyl carbamates (subject to hydrolysis) is 1. The highest BCUT2D eigenvalue weighted by Crippen LogP contribution is 2.54. The van der Waals surface area contributed by atoms with Gasteiger partial charge in [0.15, 0.2) is 25.2 Å². The fraction of sp³-hybridized carbons (Fsp3) is 0.640. The van der Waals surface area contributed by atoms with Crippen molar-refractivity contribution in [3.63, 3.8) is 0 Å². The third kappa shape index (κ3) is 4.89. The van der Waals surface area contributed by atoms with Crippen LogP contribution in [0.1, 0.15) is 33.3 Å². The molecule has 10 nitrogen and oxygen atoms in total. The van der Waals surface area contributed by atoms with E-state index in [1.165, 1.54) is 4.90 Å². The second-order valence-corrected chi connectivity index (χ2v) is 16.1. The fourth-order valence-corrected chi connectivity index (χ4v) is 5.82. The molecule has 1 aliphatic heterocycles. The molecule has 0 bridgehead atoms. The molecule has 200 valence electrons. The molecular formula is C25H39N3O7Si. The molecule has 0 aromatic heterocycles. The molecular weight excluding hydrogens is 482 g/mol. The van der Waals surface area contributed by atoms with Crippen LogP contribution in [0.2, 0.25) is 18.1 Å². The number of ketones is 1. The van der Waals surface area contributed by atoms with Crippen molar-refractivity contribution in [3.8, 4) is 0 Å². The lowest BCUT2D eigenvalue weighted by atomic mass is 9.84. The minimum atomic E-state index is -2.43. The molecule has 1 saturated heterocycles. The van der Waals surface area contributed by atoms with E-state index in [-0.39, 0.29) is 11.6 Å². The van der Waals surface area contributed by atoms with Crippen molar-refractivity contribution < 1.29 is 33.4 Å². The first kappa shape index (κ1) is 28.1. The van der Waals surface area contributed by atoms with Crippen LogP contribution in [-0.2, 0) is 25.3 Å². The summed E-state index contributed by atoms with van der Waals surface area (Å²) < 4.78 is 17.6. The van der Waals surface area contributed by atoms with Gasteiger partial charge in [0.05, 0.1) is 18.8 Å². The number of rotatable bonds is 8. The molecule has 5 atom stereocenters. The first-order valence-corrected chi connectivity index (χ1v) is 15.0. The minimum absolute atomic E-state index is 0.0249. The second kappa shape index (κ2) is 9.77. The van der Waals surface area contributed by atoms with Crippen LogP contribution >= 0.6 is 0 Å². The first-order valence-electron chi connectivity index (χ1n) is 12.1. The minimum Gasteiger partial charge on any atom is -0.445 e. The van der Waals surface area contributed by atoms with Crippen molar-refractivity contribution in [3.05, 3.63) is 35.9 Å². The normalized spacial score (nSPS) is 28.2. The standard InChI is InChI=1S/C25H39N3O7Si/c1-16(35-36(7,8)23(2,3)4)25(27-21(31)28(5)6)18(19-24(15-29,34-19)20(25)30)26-22(32)33-14-17-12-10-9-11-13-17/h9-13,16,18-19,29H,14-15H2,1-8H3,(H,26,32)(H,27,31)/t16-,18-,19+,24+,25-/m0/s1. The second-order valence-electron chi connectivity index (χ2n) is 11.3. The number of nitrogens with one attached hydrogen (secondary N) is 2. The van der Waals surface area contributed by atoms with Crippen molar-refractivity contribution in [2.75, 3.05) is 20.7 Å². The lowest BCUT2D eigenvalue weighted by Gasteiger charge is -2.46. The molecule has 1 heterocycles. The van der Waals surface area contributed by atoms with E-state index in [9.17, 15) is 19.5 Å². The fourth-order valence-electron chi connectivity index (χ4n) is 4.40. The molecule has 2 fully saturated rings. The quantitative estimate of drug-likeness (QED) is 0.354. The van der Waals surface area contributed by atoms with Crippen LogP contribution < -0.4 is 10.6 Å². The number of carbonyl (C=O) groups excluding carboxylic acids is 3. The van der Waals surface area contributed by atoms with Gasteiger partial charge in [0.25, 0.3) is 0 Å². The van der Waals surface area contributed by atoms with Crippen LogP contribution in [0, 0.1) is 0 Å². The monoisotopic (exact) mass is 521 g/mol. The Kier molecular flexibility index (Phi) is 7.63. The molecule has 1 aromatic carbocycles. The molecule has 3 N–H and O–H groups in total. The van der Waals surface area contributed by atoms with Gasteiger partial charge in [-0.2, -0.15) is 0 Å². The van der Waals surface area contributed by atoms with Gasteiger partial charge in [0, 0.05) is 14.1 Å². The van der Waals surface area contributed by atoms with E-state index < -0.39 is 62.2 Å². The Hall–Kier alpha value is -2.47. The Morgan fingerprint density at radius 1 is 1.22 bits per heavy atom. The molecule has 1 aliphatic carbocycles. The van der Waals surface area contributed by atoms with E-state index >= 15 is 0 Å². The average Bonchev–Trinajstić information content (AvgIpc) is 3.50. The number of Topliss-reactive ketones (excluding diaryl/α,β-unsaturated/α-hetero) is 1. The van der Waals surface area contributed by atoms with Crippen LogP contribution in [0.4, 0.5) is 9.59 Å². The highest BCUT2D eigenvalue weighted by atomic mass is 28.4. The van der Waals surface area contributed by atoms with Crippen LogP contribution in [-0.4, -0.2) is 86.3 Å². The van der Waals surface area contributed by atoms with Gasteiger partial charge >= 0.3 is 12.1 Å². The number of hydrogen-bond donors (Lipinski definition) is 3. The summed E-state index contributed by atoms with van der Waals surface area (Å²) in [4.78, 5) is 41.1. The summed E-state index contributed by atoms with van der Waals surface area (Å²) in [6.07, 6.45) is -2.45. The molecule has 11 heteroatoms. The largest absolute Gasteiger partial charge is 0.445 e. The van der Waals surface area contributed by atoms with Crippen LogP contribution in [0.25, 0.3) is 0 Å². The summed E-state index contributed by atoms with van der Waals surface area (Å²) in [5.41, 5.74) is -2.42. The van der Waals surface area contributed by atoms with E-state index in [0.717, 1.165) is 5.56 Å². The third-order valence-corrected chi connectivity index (χ3v) is 12.2. The van der Waals surface area contributed by atoms with Crippen LogP contribution in [0.15, 0.2) is 30.3 Å². The molecule has 1 saturated carbocycles. The maximum atomic E-state index is 14.0. The lowest BCUT2D eigenvalue weighted by molar-refractivity contribution is -0.136. The maximum Gasteiger partial charge on any atom is 0.407 e. The number of ether oxygens (including phenoxy) is 2. The number of hydrogen-bond acceptors (Lipinski definition) is 7. The Morgan fingerprint density at radius 2 is 1.83 bits per heavy atom. The van der Waals surface area contributed by atoms with Gasteiger partial charge in [-0.05, 0) is 30.6 Å². The zero-order valence-electron chi connectivity index (χ0n) is 22.4. The predicted octanol–water partition coefficient (Wildman–Crippen LogP) is 2.41. The molecule has 3 amide bonds. The SMILES string of the molecule is C[C@H](O[Si](C)(C)C(C)(C)C)[C@@]1(NC(=O)N(C)C)C(=O)[C@]2(CO)O[C@@H]2[C@@H]1NC(=O)OCc1ccccc1. The number of urea groups is 1. The van der Waals surface area contributed by atoms with Gasteiger partial charge in [-0.25, -0.2) is 9.59 Å². The topological polar surface area (TPSA) is 130 Å². The van der Waals surface area contributed by atoms with Crippen LogP contribution in [0.3, 0.4) is 0 Å². The number of nitrogens with zero attached hydrogens (tertiary/aromatic N) is 1. The number of amides is 3. The van der Waals surface area contributed by atoms with Gasteiger partial charge < -0.3 is 34.5 Å². The van der Waals surface area contributed by atoms with E-state index in [1.807, 2.05) is 43.4 Å². The summed E-state index contributed by atoms with van der Waals surface area (Å²) in [6.45, 7) is 11.4. The summed E-state index contributed by atoms with van der Waals surface area (Å²) >= 11 is 0. The molecule has 36 heavy (non-hydrogen) atoms. The van der Waals surface area contributed by atoms with E-state index in [4.69, 9.17) is 13.9 Å². The number of fused-ring (bicyclic) bond motifs is 1. The zero-order valence-corrected chi connectivity index (χ0v) is 23.4. The maximum absolute atomic E-state index is 14.0. The highest BCUT2D eigenvalue weighted by molar-refractivity contribution is 6.74. The van der Waals surface area contributed by atoms with Gasteiger partial charge in [0.1, 0.15) is 12.7 Å². The summed E-state index contributed by atoms with van der Waals surface area (Å²) in [5, 5.41) is 15.5. The first-order chi connectivity index (χ1) is 16.6. The Bertz CT molecular complexity index is 997. The number of aliphatic hydroxyl groups is 1. The number of epoxide rings is 1. The summed E-state index contributed by atoms with van der Waals surface area (Å²) in [6, 6.07) is 7.62. The van der Waals surface area contributed by atoms with Crippen molar-refractivity contribution in [2.45, 2.75) is 81.8 Å². The lowest BCUT2D eigenvalue weighted by Crippen LogP contribution is -2.73. The van der Waals surface area contributed by atoms with E-state index in [0.29, 0.717) is 0 Å². The molecule has 3 rings (SSSR count). The summed E-state index contributed by atoms with van der Waals surface area (Å²) in [7, 11) is 0.681. The Morgan fingerprint density at radius 3 is 2.36 bits per heavy atom. The molecule has 0 spiro atoms. The van der Waals surface area contributed by atoms with Gasteiger partial charge in [-0.15, -0.1) is 0 Å². The van der Waals surface area contributed by atoms with Crippen molar-refractivity contribution in [2.24, 2.45) is 0 Å². The average molecular weight is 522 g/mol. The zero-order chi connectivity index (χ0) is 27.1. The number of benzene rings is 1. The number of aliphatic hydroxyl groups excluding tert-OH is 1. The van der Waals surface area contributed by atoms with E-state index in [2.05, 4.69) is 31.4 Å². The Balaban J connectivity index is 1.96. The van der Waals surface area contributed by atoms with Crippen molar-refractivity contribution in [1.82, 2.24) is 15.5 Å². The number of carbonyl (C=O) groups is 3. The molecule has 0 radical (unpaired) electrons. The smallest absolute Gasteiger partial charge is 0.407 e. The third-order valence-electron chi connectivity index (χ3n) is 7.65. The Labute approximate surface area is 213 Å². The van der Waals surface area contributed by atoms with E-state index in [1.54, 1.807) is 21.0 Å². The highest BCUT2D eigenvalue weighted by Gasteiger charge is 2.82. The van der Waals surface area contributed by atoms with Gasteiger partial charge in [0.2, 0.25) is 0 Å². The van der Waals surface area contributed by atoms with Crippen LogP contribution in [0.5, 0.6) is 0 Å². The predicted molar refractivity (Wildman–Crippen MR) is 136 cm³/mol. The van der Waals surface area contributed by atoms with Gasteiger partial charge in [-0.1, -0.05) is 51.1 Å². The summed E-state index contributed by atoms with van der Waals surface area (Å²) in [5.74, 6) is -0.530. The molecule has 2 aliphatic rings. The molecule has 1 aromatic rings. The van der Waals surface area contributed by atoms with Gasteiger partial charge in [-0.3, -0.25) is 4.79 Å². The van der Waals surface area contributed by atoms with Crippen molar-refractivity contribution in [1.29, 1.82) is 0 Å².